The molecule has 0 spiro atoms. The topological polar surface area (TPSA) is 53.7 Å². The van der Waals surface area contributed by atoms with Gasteiger partial charge in [0, 0.05) is 5.56 Å². The highest BCUT2D eigenvalue weighted by Gasteiger charge is 1.99. The van der Waals surface area contributed by atoms with Gasteiger partial charge in [-0.15, -0.1) is 0 Å². The largest absolute Gasteiger partial charge is 0.497 e. The second-order valence-electron chi connectivity index (χ2n) is 4.26. The lowest BCUT2D eigenvalue weighted by atomic mass is 10.2. The summed E-state index contributed by atoms with van der Waals surface area (Å²) in [4.78, 5) is 0.379. The van der Waals surface area contributed by atoms with E-state index in [4.69, 9.17) is 32.2 Å². The molecule has 0 fully saturated rings. The lowest BCUT2D eigenvalue weighted by molar-refractivity contribution is 0.217. The zero-order chi connectivity index (χ0) is 15.1. The molecular formula is C16H17NO3S. The van der Waals surface area contributed by atoms with Crippen LogP contribution < -0.4 is 19.9 Å². The van der Waals surface area contributed by atoms with Crippen molar-refractivity contribution in [2.45, 2.75) is 0 Å². The second kappa shape index (κ2) is 7.50. The van der Waals surface area contributed by atoms with Crippen LogP contribution in [0.1, 0.15) is 5.56 Å². The van der Waals surface area contributed by atoms with E-state index >= 15 is 0 Å². The van der Waals surface area contributed by atoms with E-state index in [9.17, 15) is 0 Å². The number of hydrogen-bond acceptors (Lipinski definition) is 4. The smallest absolute Gasteiger partial charge is 0.122 e. The summed E-state index contributed by atoms with van der Waals surface area (Å²) in [5, 5.41) is 0. The Kier molecular flexibility index (Phi) is 5.40. The maximum atomic E-state index is 5.57. The monoisotopic (exact) mass is 303 g/mol. The molecule has 0 saturated heterocycles. The molecule has 0 aliphatic carbocycles. The first-order chi connectivity index (χ1) is 10.2. The Morgan fingerprint density at radius 2 is 1.29 bits per heavy atom. The molecule has 0 aliphatic heterocycles. The molecule has 4 nitrogen and oxygen atoms in total. The third-order valence-electron chi connectivity index (χ3n) is 2.82. The van der Waals surface area contributed by atoms with Crippen molar-refractivity contribution in [3.05, 3.63) is 54.1 Å². The highest BCUT2D eigenvalue weighted by atomic mass is 32.1. The molecule has 2 aromatic rings. The Balaban J connectivity index is 1.74. The van der Waals surface area contributed by atoms with Crippen molar-refractivity contribution >= 4 is 17.2 Å². The van der Waals surface area contributed by atoms with Crippen LogP contribution in [0.25, 0.3) is 0 Å². The molecule has 0 aliphatic rings. The molecule has 0 amide bonds. The minimum Gasteiger partial charge on any atom is -0.497 e. The second-order valence-corrected chi connectivity index (χ2v) is 4.70. The summed E-state index contributed by atoms with van der Waals surface area (Å²) in [5.41, 5.74) is 6.36. The molecule has 0 bridgehead atoms. The first-order valence-corrected chi connectivity index (χ1v) is 6.89. The Morgan fingerprint density at radius 1 is 0.857 bits per heavy atom. The van der Waals surface area contributed by atoms with Crippen molar-refractivity contribution in [1.82, 2.24) is 0 Å². The summed E-state index contributed by atoms with van der Waals surface area (Å²) in [6, 6.07) is 14.8. The number of ether oxygens (including phenoxy) is 3. The maximum Gasteiger partial charge on any atom is 0.122 e. The van der Waals surface area contributed by atoms with Gasteiger partial charge in [0.15, 0.2) is 0 Å². The minimum absolute atomic E-state index is 0.379. The Hall–Kier alpha value is -2.27. The zero-order valence-electron chi connectivity index (χ0n) is 11.7. The van der Waals surface area contributed by atoms with Crippen LogP contribution in [0, 0.1) is 0 Å². The summed E-state index contributed by atoms with van der Waals surface area (Å²) in [6.45, 7) is 0.918. The average molecular weight is 303 g/mol. The molecule has 110 valence electrons. The summed E-state index contributed by atoms with van der Waals surface area (Å²) in [7, 11) is 1.63. The maximum absolute atomic E-state index is 5.57. The molecule has 0 radical (unpaired) electrons. The standard InChI is InChI=1S/C16H17NO3S/c1-18-13-6-8-15(9-7-13)20-11-10-19-14-4-2-12(3-5-14)16(17)21/h2-9H,10-11H2,1H3,(H2,17,21). The average Bonchev–Trinajstić information content (AvgIpc) is 2.52. The first kappa shape index (κ1) is 15.1. The molecule has 2 rings (SSSR count). The minimum atomic E-state index is 0.379. The molecule has 0 unspecified atom stereocenters. The van der Waals surface area contributed by atoms with Crippen LogP contribution in [0.4, 0.5) is 0 Å². The van der Waals surface area contributed by atoms with Crippen LogP contribution in [0.2, 0.25) is 0 Å². The molecule has 0 heterocycles. The fourth-order valence-electron chi connectivity index (χ4n) is 1.71. The van der Waals surface area contributed by atoms with E-state index in [-0.39, 0.29) is 0 Å². The fourth-order valence-corrected chi connectivity index (χ4v) is 1.84. The number of methoxy groups -OCH3 is 1. The highest BCUT2D eigenvalue weighted by molar-refractivity contribution is 7.80. The predicted octanol–water partition coefficient (Wildman–Crippen LogP) is 2.79. The number of hydrogen-bond donors (Lipinski definition) is 1. The van der Waals surface area contributed by atoms with Crippen LogP contribution in [-0.4, -0.2) is 25.3 Å². The third kappa shape index (κ3) is 4.65. The van der Waals surface area contributed by atoms with E-state index in [1.165, 1.54) is 0 Å². The molecule has 0 aromatic heterocycles. The number of nitrogens with two attached hydrogens (primary N) is 1. The SMILES string of the molecule is COc1ccc(OCCOc2ccc(C(N)=S)cc2)cc1. The van der Waals surface area contributed by atoms with Gasteiger partial charge in [-0.05, 0) is 48.5 Å². The highest BCUT2D eigenvalue weighted by Crippen LogP contribution is 2.17. The van der Waals surface area contributed by atoms with Crippen LogP contribution in [-0.2, 0) is 0 Å². The van der Waals surface area contributed by atoms with Gasteiger partial charge in [0.25, 0.3) is 0 Å². The fraction of sp³-hybridized carbons (Fsp3) is 0.188. The summed E-state index contributed by atoms with van der Waals surface area (Å²) in [5.74, 6) is 2.34. The number of benzene rings is 2. The van der Waals surface area contributed by atoms with Gasteiger partial charge >= 0.3 is 0 Å². The molecule has 2 aromatic carbocycles. The molecule has 5 heteroatoms. The predicted molar refractivity (Wildman–Crippen MR) is 86.3 cm³/mol. The summed E-state index contributed by atoms with van der Waals surface area (Å²) in [6.07, 6.45) is 0. The molecule has 21 heavy (non-hydrogen) atoms. The lowest BCUT2D eigenvalue weighted by Crippen LogP contribution is -2.10. The van der Waals surface area contributed by atoms with E-state index in [1.807, 2.05) is 48.5 Å². The van der Waals surface area contributed by atoms with E-state index in [1.54, 1.807) is 7.11 Å². The Labute approximate surface area is 129 Å². The first-order valence-electron chi connectivity index (χ1n) is 6.48. The summed E-state index contributed by atoms with van der Waals surface area (Å²) < 4.78 is 16.2. The normalized spacial score (nSPS) is 9.95. The Morgan fingerprint density at radius 3 is 1.71 bits per heavy atom. The lowest BCUT2D eigenvalue weighted by Gasteiger charge is -2.09. The van der Waals surface area contributed by atoms with Gasteiger partial charge in [0.05, 0.1) is 7.11 Å². The van der Waals surface area contributed by atoms with E-state index < -0.39 is 0 Å². The van der Waals surface area contributed by atoms with Gasteiger partial charge in [-0.2, -0.15) is 0 Å². The third-order valence-corrected chi connectivity index (χ3v) is 3.05. The molecular weight excluding hydrogens is 286 g/mol. The molecule has 0 saturated carbocycles. The summed E-state index contributed by atoms with van der Waals surface area (Å²) >= 11 is 4.89. The quantitative estimate of drug-likeness (QED) is 0.629. The van der Waals surface area contributed by atoms with Gasteiger partial charge in [0.1, 0.15) is 35.5 Å². The van der Waals surface area contributed by atoms with Crippen LogP contribution in [0.5, 0.6) is 17.2 Å². The van der Waals surface area contributed by atoms with E-state index in [0.717, 1.165) is 22.8 Å². The van der Waals surface area contributed by atoms with Crippen LogP contribution in [0.3, 0.4) is 0 Å². The van der Waals surface area contributed by atoms with Gasteiger partial charge in [-0.3, -0.25) is 0 Å². The van der Waals surface area contributed by atoms with Gasteiger partial charge in [-0.1, -0.05) is 12.2 Å². The zero-order valence-corrected chi connectivity index (χ0v) is 12.6. The van der Waals surface area contributed by atoms with Crippen molar-refractivity contribution in [1.29, 1.82) is 0 Å². The van der Waals surface area contributed by atoms with Crippen LogP contribution >= 0.6 is 12.2 Å². The van der Waals surface area contributed by atoms with Gasteiger partial charge in [-0.25, -0.2) is 0 Å². The van der Waals surface area contributed by atoms with Crippen LogP contribution in [0.15, 0.2) is 48.5 Å². The van der Waals surface area contributed by atoms with Crippen molar-refractivity contribution in [3.63, 3.8) is 0 Å². The molecule has 2 N–H and O–H groups in total. The number of rotatable bonds is 7. The number of thiocarbonyl (C=S) groups is 1. The van der Waals surface area contributed by atoms with Crippen molar-refractivity contribution in [2.24, 2.45) is 5.73 Å². The molecule has 0 atom stereocenters. The van der Waals surface area contributed by atoms with Gasteiger partial charge < -0.3 is 19.9 Å². The van der Waals surface area contributed by atoms with E-state index in [0.29, 0.717) is 18.2 Å². The van der Waals surface area contributed by atoms with Crippen molar-refractivity contribution in [2.75, 3.05) is 20.3 Å². The van der Waals surface area contributed by atoms with Gasteiger partial charge in [0.2, 0.25) is 0 Å². The van der Waals surface area contributed by atoms with Crippen molar-refractivity contribution in [3.8, 4) is 17.2 Å². The Bertz CT molecular complexity index is 581. The van der Waals surface area contributed by atoms with E-state index in [2.05, 4.69) is 0 Å². The van der Waals surface area contributed by atoms with Crippen molar-refractivity contribution < 1.29 is 14.2 Å².